The van der Waals surface area contributed by atoms with Gasteiger partial charge < -0.3 is 28.4 Å². The molecular weight excluding hydrogens is 366 g/mol. The van der Waals surface area contributed by atoms with Crippen molar-refractivity contribution in [2.75, 3.05) is 13.4 Å². The van der Waals surface area contributed by atoms with Crippen molar-refractivity contribution in [1.29, 1.82) is 0 Å². The summed E-state index contributed by atoms with van der Waals surface area (Å²) >= 11 is 0. The van der Waals surface area contributed by atoms with Crippen LogP contribution in [0.1, 0.15) is 13.8 Å². The van der Waals surface area contributed by atoms with Crippen LogP contribution in [0, 0.1) is 23.5 Å². The van der Waals surface area contributed by atoms with Crippen LogP contribution in [0.2, 0.25) is 0 Å². The molecule has 0 aromatic carbocycles. The first kappa shape index (κ1) is 17.9. The van der Waals surface area contributed by atoms with Gasteiger partial charge in [0.1, 0.15) is 12.2 Å². The molecule has 144 valence electrons. The summed E-state index contributed by atoms with van der Waals surface area (Å²) in [6.07, 6.45) is -4.49. The fourth-order valence-electron chi connectivity index (χ4n) is 3.16. The Bertz CT molecular complexity index is 694. The van der Waals surface area contributed by atoms with E-state index >= 15 is 0 Å². The average Bonchev–Trinajstić information content (AvgIpc) is 3.24. The summed E-state index contributed by atoms with van der Waals surface area (Å²) < 4.78 is 87.2. The van der Waals surface area contributed by atoms with Crippen molar-refractivity contribution < 1.29 is 46.0 Å². The van der Waals surface area contributed by atoms with E-state index in [4.69, 9.17) is 28.4 Å². The van der Waals surface area contributed by atoms with Gasteiger partial charge in [-0.3, -0.25) is 0 Å². The molecule has 4 rings (SSSR count). The van der Waals surface area contributed by atoms with Crippen LogP contribution in [0.5, 0.6) is 5.75 Å². The highest BCUT2D eigenvalue weighted by molar-refractivity contribution is 5.25. The Morgan fingerprint density at radius 1 is 1.04 bits per heavy atom. The summed E-state index contributed by atoms with van der Waals surface area (Å²) in [5.41, 5.74) is 0. The van der Waals surface area contributed by atoms with Gasteiger partial charge >= 0.3 is 0 Å². The third-order valence-corrected chi connectivity index (χ3v) is 4.31. The predicted octanol–water partition coefficient (Wildman–Crippen LogP) is 1.63. The van der Waals surface area contributed by atoms with E-state index in [0.29, 0.717) is 0 Å². The summed E-state index contributed by atoms with van der Waals surface area (Å²) in [6, 6.07) is 0. The van der Waals surface area contributed by atoms with E-state index in [1.54, 1.807) is 13.8 Å². The van der Waals surface area contributed by atoms with Gasteiger partial charge in [0.15, 0.2) is 31.1 Å². The lowest BCUT2D eigenvalue weighted by molar-refractivity contribution is -0.183. The lowest BCUT2D eigenvalue weighted by Gasteiger charge is -2.27. The van der Waals surface area contributed by atoms with Crippen LogP contribution in [-0.2, 0) is 23.7 Å². The van der Waals surface area contributed by atoms with Crippen molar-refractivity contribution >= 4 is 0 Å². The molecule has 0 spiro atoms. The monoisotopic (exact) mass is 381 g/mol. The molecule has 0 saturated carbocycles. The first-order valence-electron chi connectivity index (χ1n) is 7.84. The van der Waals surface area contributed by atoms with Gasteiger partial charge in [-0.1, -0.05) is 0 Å². The number of rotatable bonds is 3. The molecule has 3 saturated heterocycles. The molecule has 3 fully saturated rings. The Morgan fingerprint density at radius 3 is 2.35 bits per heavy atom. The summed E-state index contributed by atoms with van der Waals surface area (Å²) in [5, 5.41) is 0. The SMILES string of the molecule is CC1(C)OCC(C2OC3OCOC3C2Oc2c(F)c(F)nc(F)c2F)O1. The molecule has 0 radical (unpaired) electrons. The van der Waals surface area contributed by atoms with Crippen molar-refractivity contribution in [3.8, 4) is 5.75 Å². The van der Waals surface area contributed by atoms with Gasteiger partial charge in [-0.05, 0) is 13.8 Å². The van der Waals surface area contributed by atoms with Gasteiger partial charge in [-0.15, -0.1) is 0 Å². The maximum Gasteiger partial charge on any atom is 0.255 e. The van der Waals surface area contributed by atoms with E-state index in [1.165, 1.54) is 0 Å². The molecule has 0 bridgehead atoms. The molecule has 3 aliphatic heterocycles. The van der Waals surface area contributed by atoms with Gasteiger partial charge in [0.05, 0.1) is 6.61 Å². The van der Waals surface area contributed by atoms with E-state index < -0.39 is 65.8 Å². The molecule has 26 heavy (non-hydrogen) atoms. The Hall–Kier alpha value is -1.53. The van der Waals surface area contributed by atoms with Crippen molar-refractivity contribution in [1.82, 2.24) is 4.98 Å². The van der Waals surface area contributed by atoms with Crippen LogP contribution in [0.15, 0.2) is 0 Å². The average molecular weight is 381 g/mol. The summed E-state index contributed by atoms with van der Waals surface area (Å²) in [7, 11) is 0. The van der Waals surface area contributed by atoms with Gasteiger partial charge in [0.2, 0.25) is 17.4 Å². The lowest BCUT2D eigenvalue weighted by Crippen LogP contribution is -2.45. The standard InChI is InChI=1S/C15H15F4NO6/c1-15(2)23-3-5(26-15)8-10(11-14(25-8)22-4-21-11)24-9-6(16)12(18)20-13(19)7(9)17/h5,8,10-11,14H,3-4H2,1-2H3. The molecule has 3 aliphatic rings. The third kappa shape index (κ3) is 2.93. The van der Waals surface area contributed by atoms with Crippen molar-refractivity contribution in [3.63, 3.8) is 0 Å². The molecule has 4 heterocycles. The normalized spacial score (nSPS) is 35.7. The smallest absolute Gasteiger partial charge is 0.255 e. The van der Waals surface area contributed by atoms with E-state index in [9.17, 15) is 17.6 Å². The molecule has 0 amide bonds. The molecule has 7 nitrogen and oxygen atoms in total. The van der Waals surface area contributed by atoms with Gasteiger partial charge in [0, 0.05) is 0 Å². The Balaban J connectivity index is 1.64. The Labute approximate surface area is 145 Å². The summed E-state index contributed by atoms with van der Waals surface area (Å²) in [4.78, 5) is 2.49. The quantitative estimate of drug-likeness (QED) is 0.582. The molecule has 1 aromatic rings. The van der Waals surface area contributed by atoms with Crippen LogP contribution in [0.25, 0.3) is 0 Å². The number of nitrogens with zero attached hydrogens (tertiary/aromatic N) is 1. The predicted molar refractivity (Wildman–Crippen MR) is 72.9 cm³/mol. The van der Waals surface area contributed by atoms with Crippen LogP contribution in [0.3, 0.4) is 0 Å². The first-order valence-corrected chi connectivity index (χ1v) is 7.84. The second-order valence-electron chi connectivity index (χ2n) is 6.49. The maximum atomic E-state index is 13.9. The van der Waals surface area contributed by atoms with Crippen LogP contribution in [-0.4, -0.2) is 54.9 Å². The summed E-state index contributed by atoms with van der Waals surface area (Å²) in [5.74, 6) is -9.30. The second-order valence-corrected chi connectivity index (χ2v) is 6.49. The number of hydrogen-bond acceptors (Lipinski definition) is 7. The second kappa shape index (κ2) is 6.27. The Kier molecular flexibility index (Phi) is 4.31. The summed E-state index contributed by atoms with van der Waals surface area (Å²) in [6.45, 7) is 3.34. The highest BCUT2D eigenvalue weighted by Crippen LogP contribution is 2.39. The minimum atomic E-state index is -1.82. The van der Waals surface area contributed by atoms with E-state index in [2.05, 4.69) is 4.98 Å². The fraction of sp³-hybridized carbons (Fsp3) is 0.667. The molecule has 0 N–H and O–H groups in total. The topological polar surface area (TPSA) is 68.3 Å². The zero-order valence-electron chi connectivity index (χ0n) is 13.7. The molecular formula is C15H15F4NO6. The van der Waals surface area contributed by atoms with E-state index in [1.807, 2.05) is 0 Å². The number of ether oxygens (including phenoxy) is 6. The van der Waals surface area contributed by atoms with E-state index in [-0.39, 0.29) is 13.4 Å². The van der Waals surface area contributed by atoms with Gasteiger partial charge in [-0.2, -0.15) is 22.5 Å². The lowest BCUT2D eigenvalue weighted by atomic mass is 10.1. The maximum absolute atomic E-state index is 13.9. The highest BCUT2D eigenvalue weighted by atomic mass is 19.2. The Morgan fingerprint density at radius 2 is 1.73 bits per heavy atom. The van der Waals surface area contributed by atoms with Gasteiger partial charge in [0.25, 0.3) is 11.9 Å². The van der Waals surface area contributed by atoms with Crippen LogP contribution in [0.4, 0.5) is 17.6 Å². The number of hydrogen-bond donors (Lipinski definition) is 0. The van der Waals surface area contributed by atoms with Crippen LogP contribution < -0.4 is 4.74 Å². The largest absolute Gasteiger partial charge is 0.478 e. The fourth-order valence-corrected chi connectivity index (χ4v) is 3.16. The van der Waals surface area contributed by atoms with Crippen molar-refractivity contribution in [2.24, 2.45) is 0 Å². The molecule has 0 aliphatic carbocycles. The number of pyridine rings is 1. The third-order valence-electron chi connectivity index (χ3n) is 4.31. The molecule has 11 heteroatoms. The molecule has 5 atom stereocenters. The zero-order valence-corrected chi connectivity index (χ0v) is 13.7. The van der Waals surface area contributed by atoms with Crippen LogP contribution >= 0.6 is 0 Å². The van der Waals surface area contributed by atoms with Gasteiger partial charge in [-0.25, -0.2) is 0 Å². The number of halogens is 4. The number of fused-ring (bicyclic) bond motifs is 1. The zero-order chi connectivity index (χ0) is 18.6. The minimum Gasteiger partial charge on any atom is -0.478 e. The first-order chi connectivity index (χ1) is 12.3. The molecule has 1 aromatic heterocycles. The number of aromatic nitrogens is 1. The minimum absolute atomic E-state index is 0.112. The van der Waals surface area contributed by atoms with E-state index in [0.717, 1.165) is 0 Å². The van der Waals surface area contributed by atoms with Crippen molar-refractivity contribution in [2.45, 2.75) is 50.3 Å². The van der Waals surface area contributed by atoms with Crippen molar-refractivity contribution in [3.05, 3.63) is 23.5 Å². The highest BCUT2D eigenvalue weighted by Gasteiger charge is 2.56. The molecule has 5 unspecified atom stereocenters.